The molecule has 0 saturated carbocycles. The van der Waals surface area contributed by atoms with E-state index >= 15 is 0 Å². The molecule has 0 aliphatic heterocycles. The van der Waals surface area contributed by atoms with Crippen LogP contribution in [0.2, 0.25) is 0 Å². The molecule has 1 heterocycles. The summed E-state index contributed by atoms with van der Waals surface area (Å²) >= 11 is 1.68. The normalized spacial score (nSPS) is 12.9. The minimum absolute atomic E-state index is 0.462. The van der Waals surface area contributed by atoms with Crippen molar-refractivity contribution in [2.75, 3.05) is 11.6 Å². The highest BCUT2D eigenvalue weighted by Crippen LogP contribution is 2.37. The van der Waals surface area contributed by atoms with Crippen LogP contribution in [0.4, 0.5) is 5.82 Å². The van der Waals surface area contributed by atoms with Gasteiger partial charge in [0.15, 0.2) is 5.82 Å². The van der Waals surface area contributed by atoms with E-state index in [1.807, 2.05) is 0 Å². The smallest absolute Gasteiger partial charge is 0.159 e. The maximum absolute atomic E-state index is 5.02. The highest BCUT2D eigenvalue weighted by atomic mass is 32.2. The molecule has 2 aromatic rings. The van der Waals surface area contributed by atoms with Crippen LogP contribution in [0.3, 0.4) is 0 Å². The number of hydrogen-bond donors (Lipinski definition) is 1. The molecule has 0 atom stereocenters. The lowest BCUT2D eigenvalue weighted by atomic mass is 9.87. The summed E-state index contributed by atoms with van der Waals surface area (Å²) in [4.78, 5) is 10.0. The summed E-state index contributed by atoms with van der Waals surface area (Å²) in [5.74, 6) is 0.961. The Hall–Kier alpha value is -1.55. The van der Waals surface area contributed by atoms with Crippen molar-refractivity contribution in [1.82, 2.24) is 9.97 Å². The van der Waals surface area contributed by atoms with Gasteiger partial charge in [-0.25, -0.2) is 9.97 Å². The van der Waals surface area contributed by atoms with Crippen LogP contribution in [0.25, 0.3) is 11.3 Å². The van der Waals surface area contributed by atoms with Gasteiger partial charge in [0.1, 0.15) is 5.03 Å². The van der Waals surface area contributed by atoms with Crippen LogP contribution in [-0.4, -0.2) is 22.3 Å². The van der Waals surface area contributed by atoms with Gasteiger partial charge in [-0.05, 0) is 56.9 Å². The first-order valence-electron chi connectivity index (χ1n) is 8.89. The molecule has 0 radical (unpaired) electrons. The van der Waals surface area contributed by atoms with Gasteiger partial charge in [-0.2, -0.15) is 0 Å². The van der Waals surface area contributed by atoms with Crippen molar-refractivity contribution in [2.24, 2.45) is 0 Å². The summed E-state index contributed by atoms with van der Waals surface area (Å²) in [6, 6.07) is 5.02. The lowest BCUT2D eigenvalue weighted by Gasteiger charge is -2.24. The molecule has 3 nitrogen and oxygen atoms in total. The van der Waals surface area contributed by atoms with Crippen LogP contribution in [0.5, 0.6) is 0 Å². The quantitative estimate of drug-likeness (QED) is 0.760. The van der Waals surface area contributed by atoms with Gasteiger partial charge < -0.3 is 5.32 Å². The van der Waals surface area contributed by atoms with E-state index in [1.165, 1.54) is 22.3 Å². The Labute approximate surface area is 149 Å². The second kappa shape index (κ2) is 7.14. The van der Waals surface area contributed by atoms with E-state index in [0.29, 0.717) is 6.04 Å². The van der Waals surface area contributed by atoms with Gasteiger partial charge in [-0.15, -0.1) is 11.8 Å². The molecule has 1 aromatic carbocycles. The lowest BCUT2D eigenvalue weighted by Crippen LogP contribution is -2.20. The standard InChI is InChI=1S/C20H27N3S/c1-6-15(7-2)21-19-20(24-5)23-18-16(22-19)9-8-14-11-12(3)10-13(4)17(14)18/h10-11,15H,6-9H2,1-5H3,(H,21,22). The Bertz CT molecular complexity index is 751. The van der Waals surface area contributed by atoms with Crippen molar-refractivity contribution < 1.29 is 0 Å². The van der Waals surface area contributed by atoms with Crippen LogP contribution >= 0.6 is 11.8 Å². The SMILES string of the molecule is CCC(CC)Nc1nc2c(nc1SC)-c1c(C)cc(C)cc1CC2. The second-order valence-electron chi connectivity index (χ2n) is 6.65. The van der Waals surface area contributed by atoms with Gasteiger partial charge in [-0.3, -0.25) is 0 Å². The molecule has 24 heavy (non-hydrogen) atoms. The number of thioether (sulfide) groups is 1. The van der Waals surface area contributed by atoms with Gasteiger partial charge in [0, 0.05) is 11.6 Å². The Kier molecular flexibility index (Phi) is 5.14. The van der Waals surface area contributed by atoms with Crippen LogP contribution < -0.4 is 5.32 Å². The van der Waals surface area contributed by atoms with Crippen LogP contribution in [-0.2, 0) is 12.8 Å². The predicted octanol–water partition coefficient (Wildman–Crippen LogP) is 5.18. The summed E-state index contributed by atoms with van der Waals surface area (Å²) in [7, 11) is 0. The number of anilines is 1. The van der Waals surface area contributed by atoms with Crippen LogP contribution in [0.1, 0.15) is 49.1 Å². The fourth-order valence-electron chi connectivity index (χ4n) is 3.60. The Morgan fingerprint density at radius 1 is 1.12 bits per heavy atom. The van der Waals surface area contributed by atoms with Crippen LogP contribution in [0.15, 0.2) is 17.2 Å². The summed E-state index contributed by atoms with van der Waals surface area (Å²) in [5, 5.41) is 4.61. The fraction of sp³-hybridized carbons (Fsp3) is 0.500. The molecule has 128 valence electrons. The maximum atomic E-state index is 5.02. The second-order valence-corrected chi connectivity index (χ2v) is 7.45. The molecule has 0 fully saturated rings. The van der Waals surface area contributed by atoms with Gasteiger partial charge in [0.05, 0.1) is 11.4 Å². The maximum Gasteiger partial charge on any atom is 0.159 e. The predicted molar refractivity (Wildman–Crippen MR) is 104 cm³/mol. The van der Waals surface area contributed by atoms with Crippen molar-refractivity contribution in [3.05, 3.63) is 34.5 Å². The van der Waals surface area contributed by atoms with Gasteiger partial charge in [0.2, 0.25) is 0 Å². The summed E-state index contributed by atoms with van der Waals surface area (Å²) < 4.78 is 0. The number of nitrogens with one attached hydrogen (secondary N) is 1. The Morgan fingerprint density at radius 3 is 2.54 bits per heavy atom. The van der Waals surface area contributed by atoms with Gasteiger partial charge in [0.25, 0.3) is 0 Å². The third-order valence-electron chi connectivity index (χ3n) is 4.89. The topological polar surface area (TPSA) is 37.8 Å². The molecular formula is C20H27N3S. The van der Waals surface area contributed by atoms with Gasteiger partial charge in [-0.1, -0.05) is 31.5 Å². The zero-order chi connectivity index (χ0) is 17.3. The minimum Gasteiger partial charge on any atom is -0.365 e. The highest BCUT2D eigenvalue weighted by molar-refractivity contribution is 7.98. The van der Waals surface area contributed by atoms with E-state index in [2.05, 4.69) is 51.4 Å². The van der Waals surface area contributed by atoms with Crippen molar-refractivity contribution in [3.63, 3.8) is 0 Å². The van der Waals surface area contributed by atoms with E-state index < -0.39 is 0 Å². The zero-order valence-corrected chi connectivity index (χ0v) is 16.2. The number of nitrogens with zero attached hydrogens (tertiary/aromatic N) is 2. The minimum atomic E-state index is 0.462. The fourth-order valence-corrected chi connectivity index (χ4v) is 4.08. The molecule has 0 saturated heterocycles. The molecule has 0 unspecified atom stereocenters. The monoisotopic (exact) mass is 341 g/mol. The van der Waals surface area contributed by atoms with Crippen molar-refractivity contribution in [2.45, 2.75) is 64.4 Å². The van der Waals surface area contributed by atoms with Crippen molar-refractivity contribution in [1.29, 1.82) is 0 Å². The number of rotatable bonds is 5. The lowest BCUT2D eigenvalue weighted by molar-refractivity contribution is 0.663. The van der Waals surface area contributed by atoms with E-state index in [0.717, 1.165) is 47.9 Å². The third kappa shape index (κ3) is 3.16. The van der Waals surface area contributed by atoms with E-state index in [9.17, 15) is 0 Å². The molecule has 1 aliphatic carbocycles. The average Bonchev–Trinajstić information content (AvgIpc) is 2.58. The van der Waals surface area contributed by atoms with E-state index in [1.54, 1.807) is 11.8 Å². The highest BCUT2D eigenvalue weighted by Gasteiger charge is 2.23. The van der Waals surface area contributed by atoms with Crippen molar-refractivity contribution in [3.8, 4) is 11.3 Å². The van der Waals surface area contributed by atoms with Gasteiger partial charge >= 0.3 is 0 Å². The molecular weight excluding hydrogens is 314 g/mol. The van der Waals surface area contributed by atoms with Crippen LogP contribution in [0, 0.1) is 13.8 Å². The van der Waals surface area contributed by atoms with E-state index in [-0.39, 0.29) is 0 Å². The average molecular weight is 342 g/mol. The molecule has 4 heteroatoms. The number of aryl methyl sites for hydroxylation is 4. The van der Waals surface area contributed by atoms with Crippen molar-refractivity contribution >= 4 is 17.6 Å². The first-order valence-corrected chi connectivity index (χ1v) is 10.1. The number of fused-ring (bicyclic) bond motifs is 3. The van der Waals surface area contributed by atoms with E-state index in [4.69, 9.17) is 9.97 Å². The largest absolute Gasteiger partial charge is 0.365 e. The molecule has 3 rings (SSSR count). The molecule has 0 amide bonds. The third-order valence-corrected chi connectivity index (χ3v) is 5.56. The molecule has 1 aliphatic rings. The molecule has 0 bridgehead atoms. The summed E-state index contributed by atoms with van der Waals surface area (Å²) in [6.45, 7) is 8.80. The number of hydrogen-bond acceptors (Lipinski definition) is 4. The molecule has 1 aromatic heterocycles. The molecule has 1 N–H and O–H groups in total. The number of benzene rings is 1. The first-order chi connectivity index (χ1) is 11.6. The summed E-state index contributed by atoms with van der Waals surface area (Å²) in [6.07, 6.45) is 6.32. The molecule has 0 spiro atoms. The Morgan fingerprint density at radius 2 is 1.88 bits per heavy atom. The summed E-state index contributed by atoms with van der Waals surface area (Å²) in [5.41, 5.74) is 7.60. The first kappa shape index (κ1) is 17.3. The number of aromatic nitrogens is 2. The zero-order valence-electron chi connectivity index (χ0n) is 15.4. The Balaban J connectivity index is 2.09.